The third kappa shape index (κ3) is 9.41. The van der Waals surface area contributed by atoms with Gasteiger partial charge in [-0.25, -0.2) is 0 Å². The summed E-state index contributed by atoms with van der Waals surface area (Å²) in [5.41, 5.74) is 2.45. The van der Waals surface area contributed by atoms with E-state index in [1.54, 1.807) is 0 Å². The summed E-state index contributed by atoms with van der Waals surface area (Å²) < 4.78 is 32.0. The summed E-state index contributed by atoms with van der Waals surface area (Å²) >= 11 is 7.39. The van der Waals surface area contributed by atoms with Crippen molar-refractivity contribution in [3.05, 3.63) is 138 Å². The molecule has 1 aliphatic rings. The molecule has 0 bridgehead atoms. The zero-order valence-electron chi connectivity index (χ0n) is 23.7. The fraction of sp³-hybridized carbons (Fsp3) is 0.286. The summed E-state index contributed by atoms with van der Waals surface area (Å²) in [6.07, 6.45) is -2.59. The predicted octanol–water partition coefficient (Wildman–Crippen LogP) is 7.04. The van der Waals surface area contributed by atoms with Gasteiger partial charge in [-0.15, -0.1) is 11.6 Å². The van der Waals surface area contributed by atoms with E-state index >= 15 is 0 Å². The number of rotatable bonds is 14. The van der Waals surface area contributed by atoms with Crippen LogP contribution in [0.5, 0.6) is 0 Å². The number of alkyl halides is 1. The first-order chi connectivity index (χ1) is 21.2. The van der Waals surface area contributed by atoms with Crippen molar-refractivity contribution in [2.24, 2.45) is 0 Å². The van der Waals surface area contributed by atoms with Gasteiger partial charge in [-0.3, -0.25) is 4.79 Å². The number of halogens is 1. The van der Waals surface area contributed by atoms with Gasteiger partial charge >= 0.3 is 5.97 Å². The molecular weight excluding hydrogens is 584 g/mol. The van der Waals surface area contributed by atoms with Crippen LogP contribution in [0.4, 0.5) is 0 Å². The van der Waals surface area contributed by atoms with Crippen LogP contribution in [0.15, 0.2) is 126 Å². The number of carbonyl (C=O) groups is 1. The highest BCUT2D eigenvalue weighted by molar-refractivity contribution is 7.99. The second-order valence-corrected chi connectivity index (χ2v) is 11.5. The maximum atomic E-state index is 12.7. The molecule has 4 aromatic rings. The van der Waals surface area contributed by atoms with E-state index < -0.39 is 35.8 Å². The van der Waals surface area contributed by atoms with Crippen molar-refractivity contribution < 1.29 is 28.5 Å². The predicted molar refractivity (Wildman–Crippen MR) is 168 cm³/mol. The van der Waals surface area contributed by atoms with Crippen LogP contribution in [0.2, 0.25) is 0 Å². The summed E-state index contributed by atoms with van der Waals surface area (Å²) in [7, 11) is 0. The summed E-state index contributed by atoms with van der Waals surface area (Å²) in [5, 5.41) is 0. The normalized spacial score (nSPS) is 21.7. The van der Waals surface area contributed by atoms with E-state index in [-0.39, 0.29) is 12.5 Å². The molecule has 8 heteroatoms. The van der Waals surface area contributed by atoms with E-state index in [2.05, 4.69) is 0 Å². The number of esters is 1. The Bertz CT molecular complexity index is 1360. The average Bonchev–Trinajstić information content (AvgIpc) is 3.06. The highest BCUT2D eigenvalue weighted by atomic mass is 35.5. The maximum absolute atomic E-state index is 12.7. The molecule has 0 unspecified atom stereocenters. The molecule has 0 amide bonds. The number of thioether (sulfide) groups is 1. The molecule has 5 atom stereocenters. The fourth-order valence-corrected chi connectivity index (χ4v) is 6.03. The van der Waals surface area contributed by atoms with Gasteiger partial charge in [0.2, 0.25) is 0 Å². The lowest BCUT2D eigenvalue weighted by Gasteiger charge is -2.45. The molecule has 1 saturated heterocycles. The molecule has 6 nitrogen and oxygen atoms in total. The molecular formula is C35H35ClO6S. The monoisotopic (exact) mass is 618 g/mol. The first-order valence-electron chi connectivity index (χ1n) is 14.2. The van der Waals surface area contributed by atoms with E-state index in [1.807, 2.05) is 121 Å². The second-order valence-electron chi connectivity index (χ2n) is 10.1. The lowest BCUT2D eigenvalue weighted by Crippen LogP contribution is -2.60. The van der Waals surface area contributed by atoms with Gasteiger partial charge in [-0.05, 0) is 28.8 Å². The number of carbonyl (C=O) groups excluding carboxylic acids is 1. The van der Waals surface area contributed by atoms with Gasteiger partial charge in [0.1, 0.15) is 29.6 Å². The van der Waals surface area contributed by atoms with Crippen LogP contribution in [0.3, 0.4) is 0 Å². The Balaban J connectivity index is 1.45. The fourth-order valence-electron chi connectivity index (χ4n) is 4.84. The SMILES string of the molecule is O=C(CCl)O[C@@H]1[C@@H](OCc2ccccc2)[C@@H](OCc2ccccc2)[C@@H](COCc2ccccc2)O[C@H]1Sc1ccccc1. The van der Waals surface area contributed by atoms with E-state index in [4.69, 9.17) is 35.3 Å². The molecule has 1 fully saturated rings. The van der Waals surface area contributed by atoms with Gasteiger partial charge < -0.3 is 23.7 Å². The van der Waals surface area contributed by atoms with Gasteiger partial charge in [0.05, 0.1) is 26.4 Å². The van der Waals surface area contributed by atoms with Gasteiger partial charge in [0.25, 0.3) is 0 Å². The van der Waals surface area contributed by atoms with Crippen molar-refractivity contribution in [3.8, 4) is 0 Å². The van der Waals surface area contributed by atoms with Crippen LogP contribution in [-0.4, -0.2) is 48.3 Å². The molecule has 4 aromatic carbocycles. The van der Waals surface area contributed by atoms with E-state index in [9.17, 15) is 4.79 Å². The standard InChI is InChI=1S/C35H35ClO6S/c36-21-31(37)42-34-33(40-24-28-17-9-3-10-18-28)32(39-23-27-15-7-2-8-16-27)30(25-38-22-26-13-5-1-6-14-26)41-35(34)43-29-19-11-4-12-20-29/h1-20,30,32-35H,21-25H2/t30-,32+,33+,34-,35+/m1/s1. The first-order valence-corrected chi connectivity index (χ1v) is 15.7. The number of hydrogen-bond donors (Lipinski definition) is 0. The number of ether oxygens (including phenoxy) is 5. The van der Waals surface area contributed by atoms with Crippen LogP contribution >= 0.6 is 23.4 Å². The third-order valence-electron chi connectivity index (χ3n) is 6.93. The van der Waals surface area contributed by atoms with Crippen LogP contribution in [0.1, 0.15) is 16.7 Å². The Morgan fingerprint density at radius 2 is 1.14 bits per heavy atom. The van der Waals surface area contributed by atoms with Crippen molar-refractivity contribution in [1.82, 2.24) is 0 Å². The quantitative estimate of drug-likeness (QED) is 0.111. The molecule has 0 radical (unpaired) electrons. The van der Waals surface area contributed by atoms with Gasteiger partial charge in [0, 0.05) is 4.90 Å². The van der Waals surface area contributed by atoms with Crippen LogP contribution in [0, 0.1) is 0 Å². The topological polar surface area (TPSA) is 63.2 Å². The molecule has 224 valence electrons. The number of hydrogen-bond acceptors (Lipinski definition) is 7. The molecule has 0 N–H and O–H groups in total. The van der Waals surface area contributed by atoms with Gasteiger partial charge in [0.15, 0.2) is 6.10 Å². The van der Waals surface area contributed by atoms with Crippen molar-refractivity contribution in [2.75, 3.05) is 12.5 Å². The van der Waals surface area contributed by atoms with E-state index in [0.29, 0.717) is 19.8 Å². The zero-order chi connectivity index (χ0) is 29.7. The molecule has 43 heavy (non-hydrogen) atoms. The summed E-state index contributed by atoms with van der Waals surface area (Å²) in [4.78, 5) is 13.6. The summed E-state index contributed by atoms with van der Waals surface area (Å²) in [5.74, 6) is -0.841. The highest BCUT2D eigenvalue weighted by Crippen LogP contribution is 2.38. The Kier molecular flexibility index (Phi) is 12.1. The summed E-state index contributed by atoms with van der Waals surface area (Å²) in [6.45, 7) is 1.29. The van der Waals surface area contributed by atoms with Crippen LogP contribution in [-0.2, 0) is 48.3 Å². The molecule has 0 saturated carbocycles. The molecule has 0 aromatic heterocycles. The maximum Gasteiger partial charge on any atom is 0.321 e. The molecule has 1 aliphatic heterocycles. The third-order valence-corrected chi connectivity index (χ3v) is 8.30. The Hall–Kier alpha value is -3.17. The van der Waals surface area contributed by atoms with Crippen LogP contribution < -0.4 is 0 Å². The Morgan fingerprint density at radius 3 is 1.67 bits per heavy atom. The van der Waals surface area contributed by atoms with Crippen molar-refractivity contribution in [2.45, 2.75) is 54.6 Å². The van der Waals surface area contributed by atoms with Crippen molar-refractivity contribution in [1.29, 1.82) is 0 Å². The average molecular weight is 619 g/mol. The minimum atomic E-state index is -0.800. The van der Waals surface area contributed by atoms with E-state index in [1.165, 1.54) is 11.8 Å². The largest absolute Gasteiger partial charge is 0.455 e. The lowest BCUT2D eigenvalue weighted by molar-refractivity contribution is -0.249. The van der Waals surface area contributed by atoms with Crippen molar-refractivity contribution in [3.63, 3.8) is 0 Å². The molecule has 0 spiro atoms. The first kappa shape index (κ1) is 31.3. The molecule has 5 rings (SSSR count). The van der Waals surface area contributed by atoms with E-state index in [0.717, 1.165) is 21.6 Å². The zero-order valence-corrected chi connectivity index (χ0v) is 25.3. The van der Waals surface area contributed by atoms with Gasteiger partial charge in [-0.1, -0.05) is 121 Å². The smallest absolute Gasteiger partial charge is 0.321 e. The van der Waals surface area contributed by atoms with Crippen molar-refractivity contribution >= 4 is 29.3 Å². The number of benzene rings is 4. The van der Waals surface area contributed by atoms with Crippen LogP contribution in [0.25, 0.3) is 0 Å². The lowest BCUT2D eigenvalue weighted by atomic mass is 9.99. The van der Waals surface area contributed by atoms with Gasteiger partial charge in [-0.2, -0.15) is 0 Å². The molecule has 1 heterocycles. The highest BCUT2D eigenvalue weighted by Gasteiger charge is 2.50. The minimum absolute atomic E-state index is 0.252. The summed E-state index contributed by atoms with van der Waals surface area (Å²) in [6, 6.07) is 39.6. The molecule has 0 aliphatic carbocycles. The second kappa shape index (κ2) is 16.6. The Labute approximate surface area is 262 Å². The Morgan fingerprint density at radius 1 is 0.651 bits per heavy atom. The minimum Gasteiger partial charge on any atom is -0.455 e.